The van der Waals surface area contributed by atoms with E-state index in [0.29, 0.717) is 31.2 Å². The van der Waals surface area contributed by atoms with Crippen molar-refractivity contribution in [1.29, 1.82) is 0 Å². The predicted octanol–water partition coefficient (Wildman–Crippen LogP) is 2.39. The molecule has 3 saturated carbocycles. The molecule has 1 amide bonds. The Morgan fingerprint density at radius 3 is 2.50 bits per heavy atom. The normalized spacial score (nSPS) is 35.2. The van der Waals surface area contributed by atoms with E-state index in [1.165, 1.54) is 17.1 Å². The zero-order valence-electron chi connectivity index (χ0n) is 11.9. The Morgan fingerprint density at radius 1 is 1.27 bits per heavy atom. The van der Waals surface area contributed by atoms with Gasteiger partial charge in [0.2, 0.25) is 5.91 Å². The molecule has 1 atom stereocenters. The SMILES string of the molecule is O=C(N1N=CC[C@@H]1c1cc(F)cc(F)c1)C12CC(CO)(C1)C2. The molecule has 4 aliphatic rings. The van der Waals surface area contributed by atoms with Gasteiger partial charge in [0.05, 0.1) is 11.5 Å². The zero-order chi connectivity index (χ0) is 15.5. The molecule has 6 heteroatoms. The fourth-order valence-corrected chi connectivity index (χ4v) is 4.29. The smallest absolute Gasteiger partial charge is 0.249 e. The van der Waals surface area contributed by atoms with Gasteiger partial charge < -0.3 is 5.11 Å². The van der Waals surface area contributed by atoms with Crippen LogP contribution in [0.15, 0.2) is 23.3 Å². The lowest BCUT2D eigenvalue weighted by atomic mass is 9.35. The monoisotopic (exact) mass is 306 g/mol. The minimum absolute atomic E-state index is 0.0699. The number of hydrazone groups is 1. The first-order valence-corrected chi connectivity index (χ1v) is 7.40. The first kappa shape index (κ1) is 13.8. The van der Waals surface area contributed by atoms with E-state index in [1.54, 1.807) is 6.21 Å². The minimum atomic E-state index is -0.654. The molecule has 1 aliphatic heterocycles. The Kier molecular flexibility index (Phi) is 2.73. The molecule has 1 aromatic carbocycles. The van der Waals surface area contributed by atoms with Crippen LogP contribution in [0.1, 0.15) is 37.3 Å². The average Bonchev–Trinajstić information content (AvgIpc) is 2.83. The van der Waals surface area contributed by atoms with Gasteiger partial charge in [0.15, 0.2) is 0 Å². The molecule has 2 bridgehead atoms. The third-order valence-electron chi connectivity index (χ3n) is 5.24. The molecule has 3 fully saturated rings. The molecule has 0 spiro atoms. The van der Waals surface area contributed by atoms with Gasteiger partial charge in [-0.05, 0) is 42.4 Å². The summed E-state index contributed by atoms with van der Waals surface area (Å²) in [6.07, 6.45) is 4.12. The van der Waals surface area contributed by atoms with Gasteiger partial charge in [-0.25, -0.2) is 13.8 Å². The summed E-state index contributed by atoms with van der Waals surface area (Å²) in [5.41, 5.74) is -0.0690. The Bertz CT molecular complexity index is 649. The van der Waals surface area contributed by atoms with Crippen molar-refractivity contribution in [3.63, 3.8) is 0 Å². The van der Waals surface area contributed by atoms with Crippen LogP contribution >= 0.6 is 0 Å². The van der Waals surface area contributed by atoms with Gasteiger partial charge in [-0.1, -0.05) is 0 Å². The summed E-state index contributed by atoms with van der Waals surface area (Å²) in [5.74, 6) is -1.40. The number of carbonyl (C=O) groups is 1. The van der Waals surface area contributed by atoms with Crippen molar-refractivity contribution in [2.24, 2.45) is 15.9 Å². The Balaban J connectivity index is 1.57. The number of benzene rings is 1. The van der Waals surface area contributed by atoms with E-state index in [9.17, 15) is 18.7 Å². The first-order valence-electron chi connectivity index (χ1n) is 7.40. The van der Waals surface area contributed by atoms with Gasteiger partial charge >= 0.3 is 0 Å². The number of hydrogen-bond acceptors (Lipinski definition) is 3. The zero-order valence-corrected chi connectivity index (χ0v) is 11.9. The fraction of sp³-hybridized carbons (Fsp3) is 0.500. The van der Waals surface area contributed by atoms with Gasteiger partial charge in [-0.15, -0.1) is 0 Å². The molecule has 22 heavy (non-hydrogen) atoms. The van der Waals surface area contributed by atoms with E-state index in [1.807, 2.05) is 0 Å². The number of carbonyl (C=O) groups excluding carboxylic acids is 1. The highest BCUT2D eigenvalue weighted by Gasteiger charge is 2.72. The van der Waals surface area contributed by atoms with Gasteiger partial charge in [-0.2, -0.15) is 5.10 Å². The molecule has 4 nitrogen and oxygen atoms in total. The van der Waals surface area contributed by atoms with E-state index in [0.717, 1.165) is 6.07 Å². The molecule has 5 rings (SSSR count). The molecule has 3 aliphatic carbocycles. The third kappa shape index (κ3) is 1.76. The van der Waals surface area contributed by atoms with Crippen LogP contribution in [0, 0.1) is 22.5 Å². The second-order valence-corrected chi connectivity index (χ2v) is 6.87. The maximum atomic E-state index is 13.4. The van der Waals surface area contributed by atoms with Crippen LogP contribution in [-0.2, 0) is 4.79 Å². The largest absolute Gasteiger partial charge is 0.396 e. The lowest BCUT2D eigenvalue weighted by Crippen LogP contribution is -2.68. The average molecular weight is 306 g/mol. The van der Waals surface area contributed by atoms with Crippen molar-refractivity contribution in [2.75, 3.05) is 6.61 Å². The van der Waals surface area contributed by atoms with Crippen molar-refractivity contribution in [1.82, 2.24) is 5.01 Å². The second-order valence-electron chi connectivity index (χ2n) is 6.87. The van der Waals surface area contributed by atoms with Crippen LogP contribution in [0.3, 0.4) is 0 Å². The number of rotatable bonds is 3. The van der Waals surface area contributed by atoms with Gasteiger partial charge in [0.25, 0.3) is 0 Å². The quantitative estimate of drug-likeness (QED) is 0.932. The summed E-state index contributed by atoms with van der Waals surface area (Å²) in [5, 5.41) is 14.8. The minimum Gasteiger partial charge on any atom is -0.396 e. The third-order valence-corrected chi connectivity index (χ3v) is 5.24. The highest BCUT2D eigenvalue weighted by atomic mass is 19.1. The topological polar surface area (TPSA) is 52.9 Å². The van der Waals surface area contributed by atoms with E-state index < -0.39 is 23.1 Å². The maximum Gasteiger partial charge on any atom is 0.249 e. The van der Waals surface area contributed by atoms with Crippen molar-refractivity contribution in [3.05, 3.63) is 35.4 Å². The van der Waals surface area contributed by atoms with Crippen molar-refractivity contribution in [2.45, 2.75) is 31.7 Å². The molecular weight excluding hydrogens is 290 g/mol. The predicted molar refractivity (Wildman–Crippen MR) is 74.9 cm³/mol. The van der Waals surface area contributed by atoms with Crippen LogP contribution < -0.4 is 0 Å². The molecular formula is C16H16F2N2O2. The van der Waals surface area contributed by atoms with Crippen LogP contribution in [0.5, 0.6) is 0 Å². The summed E-state index contributed by atoms with van der Waals surface area (Å²) in [4.78, 5) is 12.7. The molecule has 116 valence electrons. The van der Waals surface area contributed by atoms with Crippen LogP contribution in [0.2, 0.25) is 0 Å². The second kappa shape index (κ2) is 4.35. The standard InChI is InChI=1S/C16H16F2N2O2/c17-11-3-10(4-12(18)5-11)13-1-2-19-20(13)14(22)16-6-15(7-16,8-16)9-21/h2-5,13,21H,1,6-9H2/t13-,15?,16?/m1/s1. The van der Waals surface area contributed by atoms with Gasteiger partial charge in [0.1, 0.15) is 11.6 Å². The Hall–Kier alpha value is -1.82. The lowest BCUT2D eigenvalue weighted by Gasteiger charge is -2.69. The van der Waals surface area contributed by atoms with Crippen molar-refractivity contribution >= 4 is 12.1 Å². The molecule has 0 saturated heterocycles. The van der Waals surface area contributed by atoms with E-state index in [4.69, 9.17) is 0 Å². The van der Waals surface area contributed by atoms with Crippen molar-refractivity contribution < 1.29 is 18.7 Å². The lowest BCUT2D eigenvalue weighted by molar-refractivity contribution is -0.229. The summed E-state index contributed by atoms with van der Waals surface area (Å²) >= 11 is 0. The number of hydrogen-bond donors (Lipinski definition) is 1. The van der Waals surface area contributed by atoms with Crippen LogP contribution in [0.25, 0.3) is 0 Å². The summed E-state index contributed by atoms with van der Waals surface area (Å²) in [6, 6.07) is 2.87. The molecule has 1 aromatic rings. The van der Waals surface area contributed by atoms with Crippen LogP contribution in [-0.4, -0.2) is 28.8 Å². The number of nitrogens with zero attached hydrogens (tertiary/aromatic N) is 2. The highest BCUT2D eigenvalue weighted by molar-refractivity contribution is 5.88. The first-order chi connectivity index (χ1) is 10.5. The van der Waals surface area contributed by atoms with Crippen LogP contribution in [0.4, 0.5) is 8.78 Å². The molecule has 0 aromatic heterocycles. The van der Waals surface area contributed by atoms with Gasteiger partial charge in [0, 0.05) is 25.3 Å². The summed E-state index contributed by atoms with van der Waals surface area (Å²) < 4.78 is 26.8. The van der Waals surface area contributed by atoms with E-state index in [2.05, 4.69) is 5.10 Å². The van der Waals surface area contributed by atoms with E-state index in [-0.39, 0.29) is 17.9 Å². The van der Waals surface area contributed by atoms with E-state index >= 15 is 0 Å². The summed E-state index contributed by atoms with van der Waals surface area (Å²) in [7, 11) is 0. The fourth-order valence-electron chi connectivity index (χ4n) is 4.29. The summed E-state index contributed by atoms with van der Waals surface area (Å²) in [6.45, 7) is 0.115. The molecule has 0 radical (unpaired) electrons. The number of aliphatic hydroxyl groups is 1. The maximum absolute atomic E-state index is 13.4. The number of amides is 1. The highest BCUT2D eigenvalue weighted by Crippen LogP contribution is 2.73. The Morgan fingerprint density at radius 2 is 1.91 bits per heavy atom. The van der Waals surface area contributed by atoms with Gasteiger partial charge in [-0.3, -0.25) is 4.79 Å². The number of halogens is 2. The molecule has 0 unspecified atom stereocenters. The molecule has 1 heterocycles. The Labute approximate surface area is 126 Å². The molecule has 1 N–H and O–H groups in total. The van der Waals surface area contributed by atoms with Crippen molar-refractivity contribution in [3.8, 4) is 0 Å². The number of aliphatic hydroxyl groups excluding tert-OH is 1.